The number of anilines is 1. The van der Waals surface area contributed by atoms with E-state index in [2.05, 4.69) is 14.8 Å². The maximum atomic E-state index is 13.2. The van der Waals surface area contributed by atoms with E-state index in [9.17, 15) is 8.42 Å². The Kier molecular flexibility index (Phi) is 4.50. The van der Waals surface area contributed by atoms with E-state index in [4.69, 9.17) is 15.5 Å². The fourth-order valence-corrected chi connectivity index (χ4v) is 6.36. The lowest BCUT2D eigenvalue weighted by Crippen LogP contribution is -2.58. The van der Waals surface area contributed by atoms with Gasteiger partial charge in [-0.05, 0) is 51.3 Å². The molecule has 1 aliphatic carbocycles. The lowest BCUT2D eigenvalue weighted by atomic mass is 9.70. The summed E-state index contributed by atoms with van der Waals surface area (Å²) in [5.41, 5.74) is 9.60. The van der Waals surface area contributed by atoms with Crippen molar-refractivity contribution in [3.63, 3.8) is 0 Å². The molecule has 3 aliphatic rings. The number of nitrogen functional groups attached to an aromatic ring is 1. The summed E-state index contributed by atoms with van der Waals surface area (Å²) in [5.74, 6) is 0.293. The number of nitrogens with two attached hydrogens (primary N) is 1. The van der Waals surface area contributed by atoms with Crippen LogP contribution in [0, 0.1) is 13.8 Å². The third kappa shape index (κ3) is 3.39. The molecule has 3 N–H and O–H groups in total. The van der Waals surface area contributed by atoms with Gasteiger partial charge in [0.25, 0.3) is 0 Å². The molecule has 2 aromatic heterocycles. The molecule has 0 unspecified atom stereocenters. The standard InChI is InChI=1S/C22H26N6O3S/c1-13-5-6-15(32(29,30)27-22-10-21(3,11-22)31-12-22)7-16(13)18-8-24-20(23)19(25-18)17-9-28(4)26-14(17)2/h5-9,27H,10-12H2,1-4H3,(H2,23,24). The topological polar surface area (TPSA) is 125 Å². The molecule has 6 rings (SSSR count). The largest absolute Gasteiger partial charge is 0.382 e. The number of hydrogen-bond acceptors (Lipinski definition) is 7. The summed E-state index contributed by atoms with van der Waals surface area (Å²) in [6.45, 7) is 6.20. The molecule has 10 heteroatoms. The summed E-state index contributed by atoms with van der Waals surface area (Å²) in [6, 6.07) is 5.04. The zero-order chi connectivity index (χ0) is 22.9. The van der Waals surface area contributed by atoms with Crippen molar-refractivity contribution in [2.24, 2.45) is 7.05 Å². The SMILES string of the molecule is Cc1ccc(S(=O)(=O)NC23COC(C)(C2)C3)cc1-c1cnc(N)c(-c2cn(C)nc2C)n1. The minimum Gasteiger partial charge on any atom is -0.382 e. The van der Waals surface area contributed by atoms with Crippen molar-refractivity contribution < 1.29 is 13.2 Å². The molecule has 1 aromatic carbocycles. The Morgan fingerprint density at radius 1 is 1.22 bits per heavy atom. The third-order valence-electron chi connectivity index (χ3n) is 6.34. The number of aryl methyl sites for hydroxylation is 3. The van der Waals surface area contributed by atoms with E-state index in [1.807, 2.05) is 34.0 Å². The minimum atomic E-state index is -3.73. The number of nitrogens with one attached hydrogen (secondary N) is 1. The summed E-state index contributed by atoms with van der Waals surface area (Å²) in [6.07, 6.45) is 4.79. The van der Waals surface area contributed by atoms with Crippen LogP contribution in [0.15, 0.2) is 35.5 Å². The van der Waals surface area contributed by atoms with Gasteiger partial charge in [0.1, 0.15) is 11.5 Å². The first kappa shape index (κ1) is 21.0. The maximum absolute atomic E-state index is 13.2. The Labute approximate surface area is 187 Å². The van der Waals surface area contributed by atoms with Gasteiger partial charge in [-0.25, -0.2) is 23.1 Å². The zero-order valence-electron chi connectivity index (χ0n) is 18.5. The average molecular weight is 455 g/mol. The first-order valence-corrected chi connectivity index (χ1v) is 11.9. The number of fused-ring (bicyclic) bond motifs is 1. The van der Waals surface area contributed by atoms with Crippen molar-refractivity contribution in [3.05, 3.63) is 41.9 Å². The molecule has 168 valence electrons. The second kappa shape index (κ2) is 6.84. The Bertz CT molecular complexity index is 1340. The van der Waals surface area contributed by atoms with E-state index in [1.54, 1.807) is 29.1 Å². The maximum Gasteiger partial charge on any atom is 0.241 e. The monoisotopic (exact) mass is 454 g/mol. The Morgan fingerprint density at radius 2 is 1.97 bits per heavy atom. The molecule has 0 amide bonds. The highest BCUT2D eigenvalue weighted by Crippen LogP contribution is 2.51. The molecular weight excluding hydrogens is 428 g/mol. The van der Waals surface area contributed by atoms with Crippen LogP contribution >= 0.6 is 0 Å². The normalized spacial score (nSPS) is 24.5. The van der Waals surface area contributed by atoms with E-state index in [0.29, 0.717) is 42.2 Å². The van der Waals surface area contributed by atoms with Crippen molar-refractivity contribution in [1.82, 2.24) is 24.5 Å². The fourth-order valence-electron chi connectivity index (χ4n) is 4.94. The van der Waals surface area contributed by atoms with E-state index >= 15 is 0 Å². The van der Waals surface area contributed by atoms with Crippen LogP contribution in [0.25, 0.3) is 22.5 Å². The molecule has 0 spiro atoms. The molecule has 32 heavy (non-hydrogen) atoms. The molecule has 2 bridgehead atoms. The smallest absolute Gasteiger partial charge is 0.241 e. The van der Waals surface area contributed by atoms with Crippen LogP contribution in [0.4, 0.5) is 5.82 Å². The Morgan fingerprint density at radius 3 is 2.59 bits per heavy atom. The third-order valence-corrected chi connectivity index (χ3v) is 7.91. The summed E-state index contributed by atoms with van der Waals surface area (Å²) in [4.78, 5) is 9.23. The summed E-state index contributed by atoms with van der Waals surface area (Å²) < 4.78 is 36.6. The second-order valence-corrected chi connectivity index (χ2v) is 10.9. The molecule has 3 fully saturated rings. The van der Waals surface area contributed by atoms with Crippen molar-refractivity contribution in [3.8, 4) is 22.5 Å². The molecule has 0 radical (unpaired) electrons. The van der Waals surface area contributed by atoms with Gasteiger partial charge in [-0.2, -0.15) is 5.10 Å². The highest BCUT2D eigenvalue weighted by atomic mass is 32.2. The van der Waals surface area contributed by atoms with Crippen LogP contribution in [0.3, 0.4) is 0 Å². The first-order chi connectivity index (χ1) is 15.0. The number of sulfonamides is 1. The molecule has 3 aromatic rings. The van der Waals surface area contributed by atoms with Gasteiger partial charge in [0, 0.05) is 24.4 Å². The van der Waals surface area contributed by atoms with Crippen LogP contribution in [0.2, 0.25) is 0 Å². The first-order valence-electron chi connectivity index (χ1n) is 10.4. The van der Waals surface area contributed by atoms with Gasteiger partial charge in [0.2, 0.25) is 10.0 Å². The molecule has 2 aliphatic heterocycles. The fraction of sp³-hybridized carbons (Fsp3) is 0.409. The molecule has 4 heterocycles. The van der Waals surface area contributed by atoms with Gasteiger partial charge in [0.05, 0.1) is 40.2 Å². The van der Waals surface area contributed by atoms with Crippen LogP contribution < -0.4 is 10.5 Å². The van der Waals surface area contributed by atoms with Crippen LogP contribution in [-0.4, -0.2) is 45.9 Å². The molecular formula is C22H26N6O3S. The highest BCUT2D eigenvalue weighted by molar-refractivity contribution is 7.89. The highest BCUT2D eigenvalue weighted by Gasteiger charge is 2.61. The number of ether oxygens (including phenoxy) is 1. The molecule has 2 saturated heterocycles. The van der Waals surface area contributed by atoms with Gasteiger partial charge in [0.15, 0.2) is 0 Å². The van der Waals surface area contributed by atoms with Gasteiger partial charge >= 0.3 is 0 Å². The lowest BCUT2D eigenvalue weighted by Gasteiger charge is -2.42. The van der Waals surface area contributed by atoms with E-state index < -0.39 is 15.6 Å². The summed E-state index contributed by atoms with van der Waals surface area (Å²) >= 11 is 0. The van der Waals surface area contributed by atoms with E-state index in [0.717, 1.165) is 16.8 Å². The number of rotatable bonds is 5. The minimum absolute atomic E-state index is 0.186. The van der Waals surface area contributed by atoms with Crippen molar-refractivity contribution in [2.45, 2.75) is 49.6 Å². The van der Waals surface area contributed by atoms with Gasteiger partial charge < -0.3 is 10.5 Å². The Balaban J connectivity index is 1.52. The predicted octanol–water partition coefficient (Wildman–Crippen LogP) is 2.34. The van der Waals surface area contributed by atoms with Crippen molar-refractivity contribution in [2.75, 3.05) is 12.3 Å². The van der Waals surface area contributed by atoms with Gasteiger partial charge in [-0.1, -0.05) is 6.07 Å². The number of nitrogens with zero attached hydrogens (tertiary/aromatic N) is 4. The number of hydrogen-bond donors (Lipinski definition) is 2. The molecule has 0 atom stereocenters. The second-order valence-electron chi connectivity index (χ2n) is 9.25. The van der Waals surface area contributed by atoms with Crippen molar-refractivity contribution >= 4 is 15.8 Å². The van der Waals surface area contributed by atoms with Crippen LogP contribution in [0.1, 0.15) is 31.0 Å². The van der Waals surface area contributed by atoms with Crippen LogP contribution in [-0.2, 0) is 21.8 Å². The number of benzene rings is 1. The number of aromatic nitrogens is 4. The molecule has 9 nitrogen and oxygen atoms in total. The average Bonchev–Trinajstić information content (AvgIpc) is 3.31. The Hall–Kier alpha value is -2.82. The predicted molar refractivity (Wildman–Crippen MR) is 120 cm³/mol. The van der Waals surface area contributed by atoms with Crippen molar-refractivity contribution in [1.29, 1.82) is 0 Å². The van der Waals surface area contributed by atoms with E-state index in [-0.39, 0.29) is 10.5 Å². The van der Waals surface area contributed by atoms with Crippen LogP contribution in [0.5, 0.6) is 0 Å². The lowest BCUT2D eigenvalue weighted by molar-refractivity contribution is 0.0151. The quantitative estimate of drug-likeness (QED) is 0.606. The van der Waals surface area contributed by atoms with Gasteiger partial charge in [-0.3, -0.25) is 4.68 Å². The molecule has 1 saturated carbocycles. The summed E-state index contributed by atoms with van der Waals surface area (Å²) in [5, 5.41) is 4.35. The van der Waals surface area contributed by atoms with Gasteiger partial charge in [-0.15, -0.1) is 0 Å². The zero-order valence-corrected chi connectivity index (χ0v) is 19.3. The van der Waals surface area contributed by atoms with E-state index in [1.165, 1.54) is 0 Å². The summed E-state index contributed by atoms with van der Waals surface area (Å²) in [7, 11) is -1.90.